The summed E-state index contributed by atoms with van der Waals surface area (Å²) < 4.78 is 78.1. The molecule has 0 unspecified atom stereocenters. The average molecular weight is 649 g/mol. The third kappa shape index (κ3) is 4.42. The normalized spacial score (nSPS) is 26.9. The lowest BCUT2D eigenvalue weighted by molar-refractivity contribution is 0.107. The number of aromatic hydroxyl groups is 1. The zero-order valence-electron chi connectivity index (χ0n) is 24.8. The average Bonchev–Trinajstić information content (AvgIpc) is 3.56. The molecular weight excluding hydrogens is 617 g/mol. The molecule has 0 saturated carbocycles. The van der Waals surface area contributed by atoms with E-state index in [9.17, 15) is 22.3 Å². The highest BCUT2D eigenvalue weighted by Crippen LogP contribution is 2.43. The first-order valence-electron chi connectivity index (χ1n) is 15.5. The van der Waals surface area contributed by atoms with E-state index >= 15 is 4.39 Å². The lowest BCUT2D eigenvalue weighted by Crippen LogP contribution is -2.47. The summed E-state index contributed by atoms with van der Waals surface area (Å²) in [5.41, 5.74) is -0.417. The second-order valence-corrected chi connectivity index (χ2v) is 15.5. The van der Waals surface area contributed by atoms with Crippen LogP contribution in [0.15, 0.2) is 36.4 Å². The van der Waals surface area contributed by atoms with Gasteiger partial charge in [0.15, 0.2) is 15.7 Å². The predicted octanol–water partition coefficient (Wildman–Crippen LogP) is 5.14. The number of anilines is 1. The lowest BCUT2D eigenvalue weighted by Gasteiger charge is -2.34. The number of aromatic nitrogens is 2. The molecule has 4 aromatic rings. The molecule has 1 N–H and O–H groups in total. The van der Waals surface area contributed by atoms with Crippen LogP contribution in [0, 0.1) is 24.0 Å². The van der Waals surface area contributed by atoms with Gasteiger partial charge in [-0.15, -0.1) is 6.42 Å². The van der Waals surface area contributed by atoms with E-state index < -0.39 is 43.7 Å². The summed E-state index contributed by atoms with van der Waals surface area (Å²) in [6, 6.07) is 8.49. The Labute approximate surface area is 264 Å². The van der Waals surface area contributed by atoms with Crippen LogP contribution in [0.2, 0.25) is 0 Å². The number of phenolic OH excluding ortho intramolecular Hbond substituents is 1. The van der Waals surface area contributed by atoms with Crippen molar-refractivity contribution in [1.82, 2.24) is 14.9 Å². The molecule has 3 aromatic carbocycles. The Morgan fingerprint density at radius 2 is 1.85 bits per heavy atom. The first-order valence-corrected chi connectivity index (χ1v) is 17.1. The molecule has 4 aliphatic heterocycles. The standard InChI is InChI=1S/C34H31F3N4O4S/c1-2-24-28(36)9-4-19-12-21(42)13-27(29(19)24)25-7-8-26-31(30(25)37)38-33(45-18-34-10-3-11-41(34)15-20(35)14-34)39-32(26)40-16-22-5-6-23(17-40)46(22,43)44/h1,4,7-9,12-13,20,22-23,42H,3,5-6,10-11,14-18H2/t20-,22-,23+,34+/m1/s1. The van der Waals surface area contributed by atoms with Crippen LogP contribution in [0.1, 0.15) is 37.7 Å². The van der Waals surface area contributed by atoms with Gasteiger partial charge in [-0.2, -0.15) is 9.97 Å². The van der Waals surface area contributed by atoms with Crippen LogP contribution in [0.5, 0.6) is 11.8 Å². The monoisotopic (exact) mass is 648 g/mol. The smallest absolute Gasteiger partial charge is 0.319 e. The number of phenols is 1. The fourth-order valence-corrected chi connectivity index (χ4v) is 10.4. The largest absolute Gasteiger partial charge is 0.508 e. The Balaban J connectivity index is 1.28. The van der Waals surface area contributed by atoms with E-state index in [1.54, 1.807) is 6.07 Å². The van der Waals surface area contributed by atoms with Crippen molar-refractivity contribution in [3.05, 3.63) is 53.6 Å². The van der Waals surface area contributed by atoms with Gasteiger partial charge in [0.2, 0.25) is 0 Å². The Morgan fingerprint density at radius 1 is 1.07 bits per heavy atom. The molecular formula is C34H31F3N4O4S. The van der Waals surface area contributed by atoms with E-state index in [4.69, 9.17) is 16.1 Å². The van der Waals surface area contributed by atoms with Crippen molar-refractivity contribution < 1.29 is 31.4 Å². The number of alkyl halides is 1. The highest BCUT2D eigenvalue weighted by molar-refractivity contribution is 7.93. The van der Waals surface area contributed by atoms with Crippen molar-refractivity contribution in [1.29, 1.82) is 0 Å². The van der Waals surface area contributed by atoms with Gasteiger partial charge in [-0.05, 0) is 67.4 Å². The number of ether oxygens (including phenoxy) is 1. The van der Waals surface area contributed by atoms with Crippen molar-refractivity contribution in [3.63, 3.8) is 0 Å². The van der Waals surface area contributed by atoms with Gasteiger partial charge in [0, 0.05) is 42.4 Å². The lowest BCUT2D eigenvalue weighted by atomic mass is 9.93. The summed E-state index contributed by atoms with van der Waals surface area (Å²) in [5.74, 6) is 1.14. The van der Waals surface area contributed by atoms with Gasteiger partial charge in [0.25, 0.3) is 0 Å². The summed E-state index contributed by atoms with van der Waals surface area (Å²) in [5, 5.41) is 10.5. The van der Waals surface area contributed by atoms with Crippen LogP contribution in [-0.4, -0.2) is 83.4 Å². The molecule has 0 aliphatic carbocycles. The van der Waals surface area contributed by atoms with E-state index in [-0.39, 0.29) is 59.0 Å². The molecule has 0 spiro atoms. The van der Waals surface area contributed by atoms with Gasteiger partial charge in [-0.1, -0.05) is 18.1 Å². The zero-order valence-corrected chi connectivity index (χ0v) is 25.7. The Hall–Kier alpha value is -4.08. The summed E-state index contributed by atoms with van der Waals surface area (Å²) >= 11 is 0. The van der Waals surface area contributed by atoms with Crippen LogP contribution < -0.4 is 9.64 Å². The maximum atomic E-state index is 16.8. The predicted molar refractivity (Wildman–Crippen MR) is 168 cm³/mol. The van der Waals surface area contributed by atoms with Gasteiger partial charge in [-0.25, -0.2) is 21.6 Å². The van der Waals surface area contributed by atoms with E-state index in [2.05, 4.69) is 15.8 Å². The highest BCUT2D eigenvalue weighted by atomic mass is 32.2. The summed E-state index contributed by atoms with van der Waals surface area (Å²) in [7, 11) is -3.26. The zero-order chi connectivity index (χ0) is 32.0. The molecule has 0 amide bonds. The van der Waals surface area contributed by atoms with Crippen molar-refractivity contribution in [2.75, 3.05) is 37.7 Å². The molecule has 5 heterocycles. The van der Waals surface area contributed by atoms with Crippen LogP contribution in [0.4, 0.5) is 19.0 Å². The second kappa shape index (κ2) is 10.5. The molecule has 12 heteroatoms. The minimum absolute atomic E-state index is 0.0315. The number of rotatable bonds is 5. The summed E-state index contributed by atoms with van der Waals surface area (Å²) in [6.07, 6.45) is 7.82. The summed E-state index contributed by atoms with van der Waals surface area (Å²) in [6.45, 7) is 1.65. The summed E-state index contributed by atoms with van der Waals surface area (Å²) in [4.78, 5) is 13.2. The Kier molecular flexibility index (Phi) is 6.68. The molecule has 238 valence electrons. The van der Waals surface area contributed by atoms with Gasteiger partial charge >= 0.3 is 6.01 Å². The molecule has 2 bridgehead atoms. The van der Waals surface area contributed by atoms with Crippen LogP contribution in [0.25, 0.3) is 32.8 Å². The van der Waals surface area contributed by atoms with Crippen LogP contribution in [0.3, 0.4) is 0 Å². The molecule has 4 saturated heterocycles. The van der Waals surface area contributed by atoms with Gasteiger partial charge in [0.1, 0.15) is 35.7 Å². The quantitative estimate of drug-likeness (QED) is 0.298. The van der Waals surface area contributed by atoms with E-state index in [0.717, 1.165) is 19.4 Å². The topological polar surface area (TPSA) is 95.9 Å². The number of sulfone groups is 1. The van der Waals surface area contributed by atoms with E-state index in [1.807, 2.05) is 4.90 Å². The number of benzene rings is 3. The second-order valence-electron chi connectivity index (χ2n) is 13.0. The number of hydrogen-bond donors (Lipinski definition) is 1. The van der Waals surface area contributed by atoms with Gasteiger partial charge in [0.05, 0.1) is 21.6 Å². The fraction of sp³-hybridized carbons (Fsp3) is 0.412. The minimum Gasteiger partial charge on any atom is -0.508 e. The molecule has 4 aliphatic rings. The van der Waals surface area contributed by atoms with Gasteiger partial charge in [-0.3, -0.25) is 4.90 Å². The van der Waals surface area contributed by atoms with Crippen molar-refractivity contribution >= 4 is 37.3 Å². The molecule has 8 nitrogen and oxygen atoms in total. The molecule has 8 rings (SSSR count). The molecule has 46 heavy (non-hydrogen) atoms. The first-order chi connectivity index (χ1) is 22.1. The van der Waals surface area contributed by atoms with E-state index in [1.165, 1.54) is 30.3 Å². The van der Waals surface area contributed by atoms with E-state index in [0.29, 0.717) is 42.4 Å². The molecule has 4 atom stereocenters. The first kappa shape index (κ1) is 29.3. The third-order valence-corrected chi connectivity index (χ3v) is 13.0. The maximum absolute atomic E-state index is 16.8. The van der Waals surface area contributed by atoms with Crippen LogP contribution >= 0.6 is 0 Å². The molecule has 1 aromatic heterocycles. The van der Waals surface area contributed by atoms with Crippen molar-refractivity contribution in [2.45, 2.75) is 54.3 Å². The van der Waals surface area contributed by atoms with Crippen LogP contribution in [-0.2, 0) is 9.84 Å². The SMILES string of the molecule is C#Cc1c(F)ccc2cc(O)cc(-c3ccc4c(N5C[C@H]6CC[C@@H](C5)S6(=O)=O)nc(OC[C@@]56CCCN5C[C@H](F)C6)nc4c3F)c12. The van der Waals surface area contributed by atoms with Crippen molar-refractivity contribution in [3.8, 4) is 35.2 Å². The fourth-order valence-electron chi connectivity index (χ4n) is 8.17. The van der Waals surface area contributed by atoms with Gasteiger partial charge < -0.3 is 14.7 Å². The number of halogens is 3. The number of nitrogens with zero attached hydrogens (tertiary/aromatic N) is 4. The molecule has 4 fully saturated rings. The van der Waals surface area contributed by atoms with Crippen molar-refractivity contribution in [2.24, 2.45) is 0 Å². The Bertz CT molecular complexity index is 2070. The molecule has 0 radical (unpaired) electrons. The maximum Gasteiger partial charge on any atom is 0.319 e. The minimum atomic E-state index is -3.26. The number of hydrogen-bond acceptors (Lipinski definition) is 8. The number of terminal acetylenes is 1. The number of fused-ring (bicyclic) bond motifs is 5. The third-order valence-electron chi connectivity index (χ3n) is 10.4. The highest BCUT2D eigenvalue weighted by Gasteiger charge is 2.50. The Morgan fingerprint density at radius 3 is 2.61 bits per heavy atom.